The molecule has 0 aromatic heterocycles. The van der Waals surface area contributed by atoms with Crippen LogP contribution in [-0.2, 0) is 0 Å². The van der Waals surface area contributed by atoms with Crippen molar-refractivity contribution in [3.8, 4) is 0 Å². The molecule has 0 atom stereocenters. The molecule has 0 aromatic carbocycles. The van der Waals surface area contributed by atoms with E-state index in [1.165, 1.54) is 0 Å². The van der Waals surface area contributed by atoms with Gasteiger partial charge < -0.3 is 5.73 Å². The molecule has 1 aliphatic carbocycles. The summed E-state index contributed by atoms with van der Waals surface area (Å²) in [6.45, 7) is 0. The van der Waals surface area contributed by atoms with E-state index in [9.17, 15) is 0 Å². The second-order valence-electron chi connectivity index (χ2n) is 1.87. The molecule has 0 heterocycles. The third kappa shape index (κ3) is 1.32. The van der Waals surface area contributed by atoms with Crippen molar-refractivity contribution < 1.29 is 0 Å². The van der Waals surface area contributed by atoms with E-state index in [4.69, 9.17) is 5.73 Å². The highest BCUT2D eigenvalue weighted by Gasteiger charge is 2.01. The van der Waals surface area contributed by atoms with E-state index >= 15 is 0 Å². The number of allylic oxidation sites excluding steroid dienone is 1. The molecule has 0 fully saturated rings. The van der Waals surface area contributed by atoms with Crippen LogP contribution in [0.4, 0.5) is 0 Å². The van der Waals surface area contributed by atoms with Crippen molar-refractivity contribution in [2.45, 2.75) is 19.3 Å². The second-order valence-corrected chi connectivity index (χ2v) is 1.87. The summed E-state index contributed by atoms with van der Waals surface area (Å²) in [6, 6.07) is 1.13. The molecule has 0 aromatic rings. The van der Waals surface area contributed by atoms with Crippen LogP contribution >= 0.6 is 0 Å². The van der Waals surface area contributed by atoms with Crippen LogP contribution in [0.5, 0.6) is 0 Å². The summed E-state index contributed by atoms with van der Waals surface area (Å²) in [4.78, 5) is 0. The summed E-state index contributed by atoms with van der Waals surface area (Å²) in [5.41, 5.74) is 5.50. The third-order valence-electron chi connectivity index (χ3n) is 1.18. The molecule has 39 valence electrons. The van der Waals surface area contributed by atoms with Gasteiger partial charge in [0.25, 0.3) is 0 Å². The topological polar surface area (TPSA) is 26.0 Å². The minimum absolute atomic E-state index is 1.00. The number of hydrogen-bond acceptors (Lipinski definition) is 1. The Hall–Kier alpha value is -0.300. The second kappa shape index (κ2) is 2.12. The first-order valence-corrected chi connectivity index (χ1v) is 2.65. The maximum Gasteiger partial charge on any atom is 0.0377 e. The largest absolute Gasteiger partial charge is 0.323 e. The highest BCUT2D eigenvalue weighted by molar-refractivity contribution is 5.00. The zero-order valence-corrected chi connectivity index (χ0v) is 4.35. The van der Waals surface area contributed by atoms with Gasteiger partial charge in [-0.3, -0.25) is 0 Å². The van der Waals surface area contributed by atoms with Crippen molar-refractivity contribution in [2.75, 3.05) is 0 Å². The van der Waals surface area contributed by atoms with Crippen LogP contribution in [0.15, 0.2) is 12.2 Å². The van der Waals surface area contributed by atoms with Gasteiger partial charge in [-0.2, -0.15) is 0 Å². The molecule has 0 spiro atoms. The Kier molecular flexibility index (Phi) is 1.47. The van der Waals surface area contributed by atoms with Crippen molar-refractivity contribution >= 4 is 0 Å². The third-order valence-corrected chi connectivity index (χ3v) is 1.18. The van der Waals surface area contributed by atoms with E-state index in [-0.39, 0.29) is 0 Å². The Balaban J connectivity index is 2.32. The van der Waals surface area contributed by atoms with Gasteiger partial charge in [0.1, 0.15) is 0 Å². The lowest BCUT2D eigenvalue weighted by atomic mass is 10.0. The van der Waals surface area contributed by atoms with Crippen molar-refractivity contribution in [2.24, 2.45) is 5.73 Å². The minimum atomic E-state index is 1.00. The maximum absolute atomic E-state index is 5.50. The molecule has 7 heavy (non-hydrogen) atoms. The summed E-state index contributed by atoms with van der Waals surface area (Å²) in [7, 11) is 0. The van der Waals surface area contributed by atoms with Gasteiger partial charge in [0.15, 0.2) is 0 Å². The molecule has 1 rings (SSSR count). The lowest BCUT2D eigenvalue weighted by molar-refractivity contribution is 0.752. The van der Waals surface area contributed by atoms with Crippen LogP contribution < -0.4 is 5.73 Å². The summed E-state index contributed by atoms with van der Waals surface area (Å²) in [5.74, 6) is 0. The van der Waals surface area contributed by atoms with Gasteiger partial charge in [-0.25, -0.2) is 0 Å². The maximum atomic E-state index is 5.50. The first kappa shape index (κ1) is 4.85. The van der Waals surface area contributed by atoms with Crippen molar-refractivity contribution in [3.63, 3.8) is 0 Å². The molecule has 1 nitrogen and oxygen atoms in total. The Morgan fingerprint density at radius 3 is 2.57 bits per heavy atom. The summed E-state index contributed by atoms with van der Waals surface area (Å²) in [6.07, 6.45) is 7.54. The molecule has 0 aliphatic heterocycles. The fourth-order valence-electron chi connectivity index (χ4n) is 0.723. The zero-order chi connectivity index (χ0) is 5.11. The van der Waals surface area contributed by atoms with Crippen LogP contribution in [0.25, 0.3) is 0 Å². The van der Waals surface area contributed by atoms with Crippen LogP contribution in [0, 0.1) is 6.04 Å². The molecule has 0 amide bonds. The molecule has 0 saturated heterocycles. The number of hydrogen-bond donors (Lipinski definition) is 1. The SMILES string of the molecule is N[C]1CC=CCC1. The Morgan fingerprint density at radius 1 is 1.43 bits per heavy atom. The quantitative estimate of drug-likeness (QED) is 0.451. The van der Waals surface area contributed by atoms with Crippen molar-refractivity contribution in [3.05, 3.63) is 18.2 Å². The first-order chi connectivity index (χ1) is 3.39. The van der Waals surface area contributed by atoms with Crippen LogP contribution in [0.1, 0.15) is 19.3 Å². The molecule has 1 radical (unpaired) electrons. The molecular weight excluding hydrogens is 86.1 g/mol. The van der Waals surface area contributed by atoms with E-state index in [0.29, 0.717) is 0 Å². The minimum Gasteiger partial charge on any atom is -0.323 e. The summed E-state index contributed by atoms with van der Waals surface area (Å²) < 4.78 is 0. The van der Waals surface area contributed by atoms with E-state index in [1.807, 2.05) is 0 Å². The molecule has 0 saturated carbocycles. The smallest absolute Gasteiger partial charge is 0.0377 e. The fraction of sp³-hybridized carbons (Fsp3) is 0.500. The monoisotopic (exact) mass is 96.1 g/mol. The normalized spacial score (nSPS) is 23.0. The van der Waals surface area contributed by atoms with Crippen molar-refractivity contribution in [1.82, 2.24) is 0 Å². The van der Waals surface area contributed by atoms with Gasteiger partial charge >= 0.3 is 0 Å². The Labute approximate surface area is 44.2 Å². The number of rotatable bonds is 0. The van der Waals surface area contributed by atoms with Gasteiger partial charge in [0, 0.05) is 6.04 Å². The highest BCUT2D eigenvalue weighted by Crippen LogP contribution is 2.13. The van der Waals surface area contributed by atoms with Gasteiger partial charge in [0.2, 0.25) is 0 Å². The lowest BCUT2D eigenvalue weighted by Crippen LogP contribution is -2.09. The van der Waals surface area contributed by atoms with Gasteiger partial charge in [-0.05, 0) is 19.3 Å². The summed E-state index contributed by atoms with van der Waals surface area (Å²) >= 11 is 0. The van der Waals surface area contributed by atoms with Gasteiger partial charge in [-0.15, -0.1) is 0 Å². The van der Waals surface area contributed by atoms with E-state index in [1.54, 1.807) is 0 Å². The highest BCUT2D eigenvalue weighted by atomic mass is 14.6. The molecule has 1 heteroatoms. The predicted octanol–water partition coefficient (Wildman–Crippen LogP) is 1.22. The first-order valence-electron chi connectivity index (χ1n) is 2.65. The molecule has 0 bridgehead atoms. The lowest BCUT2D eigenvalue weighted by Gasteiger charge is -2.08. The zero-order valence-electron chi connectivity index (χ0n) is 4.35. The standard InChI is InChI=1S/C6H10N/c7-6-4-2-1-3-5-6/h1-2H,3-5,7H2. The van der Waals surface area contributed by atoms with Crippen LogP contribution in [0.3, 0.4) is 0 Å². The fourth-order valence-corrected chi connectivity index (χ4v) is 0.723. The van der Waals surface area contributed by atoms with Crippen LogP contribution in [-0.4, -0.2) is 0 Å². The number of nitrogens with two attached hydrogens (primary N) is 1. The Bertz CT molecular complexity index is 76.2. The summed E-state index contributed by atoms with van der Waals surface area (Å²) in [5, 5.41) is 0. The van der Waals surface area contributed by atoms with Crippen molar-refractivity contribution in [1.29, 1.82) is 0 Å². The van der Waals surface area contributed by atoms with Crippen LogP contribution in [0.2, 0.25) is 0 Å². The van der Waals surface area contributed by atoms with E-state index in [2.05, 4.69) is 12.2 Å². The Morgan fingerprint density at radius 2 is 2.29 bits per heavy atom. The average Bonchev–Trinajstić information content (AvgIpc) is 1.69. The van der Waals surface area contributed by atoms with E-state index in [0.717, 1.165) is 25.3 Å². The molecule has 1 aliphatic rings. The van der Waals surface area contributed by atoms with Gasteiger partial charge in [-0.1, -0.05) is 12.2 Å². The molecule has 2 N–H and O–H groups in total. The van der Waals surface area contributed by atoms with E-state index < -0.39 is 0 Å². The predicted molar refractivity (Wildman–Crippen MR) is 30.4 cm³/mol. The molecule has 0 unspecified atom stereocenters. The average molecular weight is 96.2 g/mol. The molecular formula is C6H10N. The van der Waals surface area contributed by atoms with Gasteiger partial charge in [0.05, 0.1) is 0 Å².